The van der Waals surface area contributed by atoms with Crippen LogP contribution in [0.4, 0.5) is 5.69 Å². The Morgan fingerprint density at radius 1 is 1.09 bits per heavy atom. The molecule has 0 radical (unpaired) electrons. The van der Waals surface area contributed by atoms with Gasteiger partial charge in [0.2, 0.25) is 5.56 Å². The molecule has 2 N–H and O–H groups in total. The van der Waals surface area contributed by atoms with Crippen LogP contribution in [0.5, 0.6) is 0 Å². The number of nitrogens with zero attached hydrogens (tertiary/aromatic N) is 5. The Hall–Kier alpha value is -3.24. The van der Waals surface area contributed by atoms with Crippen molar-refractivity contribution in [2.24, 2.45) is 0 Å². The van der Waals surface area contributed by atoms with E-state index in [1.807, 2.05) is 0 Å². The Bertz CT molecular complexity index is 1300. The van der Waals surface area contributed by atoms with Crippen LogP contribution in [0.15, 0.2) is 29.2 Å². The highest BCUT2D eigenvalue weighted by atomic mass is 16.5. The third-order valence-electron chi connectivity index (χ3n) is 7.73. The summed E-state index contributed by atoms with van der Waals surface area (Å²) < 4.78 is 7.16. The van der Waals surface area contributed by atoms with Gasteiger partial charge >= 0.3 is 5.97 Å². The van der Waals surface area contributed by atoms with Crippen molar-refractivity contribution in [3.05, 3.63) is 46.1 Å². The maximum atomic E-state index is 12.1. The summed E-state index contributed by atoms with van der Waals surface area (Å²) in [6.45, 7) is 5.23. The number of aromatic amines is 1. The molecule has 0 bridgehead atoms. The van der Waals surface area contributed by atoms with Crippen LogP contribution in [0.2, 0.25) is 0 Å². The van der Waals surface area contributed by atoms with E-state index >= 15 is 0 Å². The third-order valence-corrected chi connectivity index (χ3v) is 7.73. The number of aromatic nitrogens is 4. The number of fused-ring (bicyclic) bond motifs is 1. The summed E-state index contributed by atoms with van der Waals surface area (Å²) in [6.07, 6.45) is 6.89. The van der Waals surface area contributed by atoms with Gasteiger partial charge in [-0.25, -0.2) is 14.5 Å². The summed E-state index contributed by atoms with van der Waals surface area (Å²) in [6, 6.07) is 5.48. The molecule has 2 aliphatic heterocycles. The monoisotopic (exact) mass is 478 g/mol. The van der Waals surface area contributed by atoms with Gasteiger partial charge in [-0.05, 0) is 37.8 Å². The molecule has 0 unspecified atom stereocenters. The maximum absolute atomic E-state index is 12.1. The summed E-state index contributed by atoms with van der Waals surface area (Å²) >= 11 is 0. The van der Waals surface area contributed by atoms with E-state index in [0.717, 1.165) is 88.3 Å². The SMILES string of the molecule is O=C(O)c1cc(N2CCC(N3CCOCC3)CC2)c2c(C3CCC3)nn(-c3cc[nH]c(=O)c3)c2n1. The van der Waals surface area contributed by atoms with Crippen molar-refractivity contribution in [3.63, 3.8) is 0 Å². The number of nitrogens with one attached hydrogen (secondary N) is 1. The molecule has 10 heteroatoms. The Kier molecular flexibility index (Phi) is 5.77. The quantitative estimate of drug-likeness (QED) is 0.574. The van der Waals surface area contributed by atoms with E-state index in [1.165, 1.54) is 6.07 Å². The van der Waals surface area contributed by atoms with Crippen molar-refractivity contribution < 1.29 is 14.6 Å². The van der Waals surface area contributed by atoms with Crippen LogP contribution in [0.1, 0.15) is 54.2 Å². The minimum atomic E-state index is -1.07. The average Bonchev–Trinajstić information content (AvgIpc) is 3.22. The van der Waals surface area contributed by atoms with Gasteiger partial charge in [0.1, 0.15) is 0 Å². The molecular formula is C25H30N6O4. The fourth-order valence-electron chi connectivity index (χ4n) is 5.61. The largest absolute Gasteiger partial charge is 0.477 e. The molecule has 35 heavy (non-hydrogen) atoms. The molecule has 1 aliphatic carbocycles. The van der Waals surface area contributed by atoms with Gasteiger partial charge in [0.05, 0.1) is 35.7 Å². The summed E-state index contributed by atoms with van der Waals surface area (Å²) in [7, 11) is 0. The van der Waals surface area contributed by atoms with Gasteiger partial charge in [-0.15, -0.1) is 0 Å². The van der Waals surface area contributed by atoms with E-state index in [2.05, 4.69) is 19.8 Å². The Morgan fingerprint density at radius 3 is 2.51 bits per heavy atom. The molecule has 0 atom stereocenters. The number of anilines is 1. The molecule has 0 aromatic carbocycles. The Balaban J connectivity index is 1.43. The van der Waals surface area contributed by atoms with Gasteiger partial charge in [-0.1, -0.05) is 6.42 Å². The topological polar surface area (TPSA) is 117 Å². The van der Waals surface area contributed by atoms with Crippen molar-refractivity contribution in [2.45, 2.75) is 44.1 Å². The molecule has 6 rings (SSSR count). The van der Waals surface area contributed by atoms with Gasteiger partial charge in [0.15, 0.2) is 11.3 Å². The number of hydrogen-bond acceptors (Lipinski definition) is 7. The molecule has 184 valence electrons. The van der Waals surface area contributed by atoms with Gasteiger partial charge in [0, 0.05) is 50.4 Å². The number of pyridine rings is 2. The molecule has 3 aromatic heterocycles. The number of rotatable bonds is 5. The Morgan fingerprint density at radius 2 is 1.86 bits per heavy atom. The number of piperidine rings is 1. The van der Waals surface area contributed by atoms with E-state index in [9.17, 15) is 14.7 Å². The Labute approximate surface area is 202 Å². The lowest BCUT2D eigenvalue weighted by Crippen LogP contribution is -2.49. The first-order valence-corrected chi connectivity index (χ1v) is 12.5. The minimum Gasteiger partial charge on any atom is -0.477 e. The third kappa shape index (κ3) is 4.10. The summed E-state index contributed by atoms with van der Waals surface area (Å²) in [5.41, 5.74) is 2.69. The predicted molar refractivity (Wildman–Crippen MR) is 131 cm³/mol. The summed E-state index contributed by atoms with van der Waals surface area (Å²) in [5, 5.41) is 15.7. The number of carboxylic acid groups (broad SMARTS) is 1. The molecule has 10 nitrogen and oxygen atoms in total. The number of carboxylic acids is 1. The highest BCUT2D eigenvalue weighted by Crippen LogP contribution is 2.43. The second-order valence-corrected chi connectivity index (χ2v) is 9.73. The zero-order chi connectivity index (χ0) is 23.9. The molecule has 0 amide bonds. The summed E-state index contributed by atoms with van der Waals surface area (Å²) in [4.78, 5) is 36.1. The number of H-pyrrole nitrogens is 1. The number of hydrogen-bond donors (Lipinski definition) is 2. The van der Waals surface area contributed by atoms with Crippen molar-refractivity contribution in [1.82, 2.24) is 24.6 Å². The first-order valence-electron chi connectivity index (χ1n) is 12.5. The molecule has 2 saturated heterocycles. The van der Waals surface area contributed by atoms with E-state index in [4.69, 9.17) is 9.84 Å². The number of morpholine rings is 1. The molecule has 3 aliphatic rings. The lowest BCUT2D eigenvalue weighted by Gasteiger charge is -2.41. The first kappa shape index (κ1) is 22.2. The van der Waals surface area contributed by atoms with Crippen LogP contribution >= 0.6 is 0 Å². The van der Waals surface area contributed by atoms with E-state index in [0.29, 0.717) is 23.3 Å². The lowest BCUT2D eigenvalue weighted by atomic mass is 9.82. The van der Waals surface area contributed by atoms with Crippen molar-refractivity contribution in [3.8, 4) is 5.69 Å². The first-order chi connectivity index (χ1) is 17.1. The molecule has 3 aromatic rings. The van der Waals surface area contributed by atoms with Crippen LogP contribution < -0.4 is 10.5 Å². The number of carbonyl (C=O) groups is 1. The van der Waals surface area contributed by atoms with E-state index in [1.54, 1.807) is 23.0 Å². The van der Waals surface area contributed by atoms with Crippen LogP contribution in [-0.2, 0) is 4.74 Å². The van der Waals surface area contributed by atoms with E-state index < -0.39 is 5.97 Å². The standard InChI is InChI=1S/C25H30N6O4/c32-21-14-18(4-7-26-21)31-24-22(23(28-31)16-2-1-3-16)20(15-19(27-24)25(33)34)30-8-5-17(6-9-30)29-10-12-35-13-11-29/h4,7,14-17H,1-3,5-6,8-13H2,(H,26,32)(H,33,34). The molecule has 0 spiro atoms. The molecule has 3 fully saturated rings. The highest BCUT2D eigenvalue weighted by Gasteiger charge is 2.32. The predicted octanol–water partition coefficient (Wildman–Crippen LogP) is 2.38. The van der Waals surface area contributed by atoms with Gasteiger partial charge < -0.3 is 19.7 Å². The highest BCUT2D eigenvalue weighted by molar-refractivity contribution is 5.98. The van der Waals surface area contributed by atoms with Crippen molar-refractivity contribution in [2.75, 3.05) is 44.3 Å². The maximum Gasteiger partial charge on any atom is 0.354 e. The second-order valence-electron chi connectivity index (χ2n) is 9.73. The van der Waals surface area contributed by atoms with Gasteiger partial charge in [-0.3, -0.25) is 9.69 Å². The lowest BCUT2D eigenvalue weighted by molar-refractivity contribution is 0.0115. The van der Waals surface area contributed by atoms with Crippen LogP contribution in [0.25, 0.3) is 16.7 Å². The minimum absolute atomic E-state index is 0.00560. The molecule has 1 saturated carbocycles. The second kappa shape index (κ2) is 9.09. The average molecular weight is 479 g/mol. The zero-order valence-electron chi connectivity index (χ0n) is 19.7. The van der Waals surface area contributed by atoms with Crippen LogP contribution in [-0.4, -0.2) is 81.2 Å². The fourth-order valence-corrected chi connectivity index (χ4v) is 5.61. The fraction of sp³-hybridized carbons (Fsp3) is 0.520. The number of aromatic carboxylic acids is 1. The summed E-state index contributed by atoms with van der Waals surface area (Å²) in [5.74, 6) is -0.747. The smallest absolute Gasteiger partial charge is 0.354 e. The zero-order valence-corrected chi connectivity index (χ0v) is 19.7. The molecular weight excluding hydrogens is 448 g/mol. The van der Waals surface area contributed by atoms with Crippen LogP contribution in [0.3, 0.4) is 0 Å². The number of ether oxygens (including phenoxy) is 1. The normalized spacial score (nSPS) is 20.3. The molecule has 5 heterocycles. The van der Waals surface area contributed by atoms with Gasteiger partial charge in [0.25, 0.3) is 0 Å². The van der Waals surface area contributed by atoms with Gasteiger partial charge in [-0.2, -0.15) is 5.10 Å². The van der Waals surface area contributed by atoms with E-state index in [-0.39, 0.29) is 11.3 Å². The van der Waals surface area contributed by atoms with Crippen LogP contribution in [0, 0.1) is 0 Å². The van der Waals surface area contributed by atoms with Crippen molar-refractivity contribution in [1.29, 1.82) is 0 Å². The van der Waals surface area contributed by atoms with Crippen molar-refractivity contribution >= 4 is 22.7 Å².